The summed E-state index contributed by atoms with van der Waals surface area (Å²) in [5, 5.41) is 1.08. The Balaban J connectivity index is 1.50. The minimum atomic E-state index is 0.151. The van der Waals surface area contributed by atoms with Crippen molar-refractivity contribution in [1.29, 1.82) is 0 Å². The Morgan fingerprint density at radius 3 is 2.75 bits per heavy atom. The molecule has 0 saturated carbocycles. The number of thiazole rings is 1. The summed E-state index contributed by atoms with van der Waals surface area (Å²) in [6, 6.07) is 4.41. The van der Waals surface area contributed by atoms with E-state index in [0.717, 1.165) is 43.2 Å². The molecule has 4 rings (SSSR count). The Hall–Kier alpha value is -1.62. The fraction of sp³-hybridized carbons (Fsp3) is 0.579. The SMILES string of the molecule is Cc1cc(C)c2nc(N3CCC(C(=O)N4CCCCC4)C3)sc2c1. The first-order valence-corrected chi connectivity index (χ1v) is 9.85. The summed E-state index contributed by atoms with van der Waals surface area (Å²) in [5.74, 6) is 0.517. The van der Waals surface area contributed by atoms with Gasteiger partial charge < -0.3 is 9.80 Å². The van der Waals surface area contributed by atoms with Gasteiger partial charge in [0.1, 0.15) is 0 Å². The maximum Gasteiger partial charge on any atom is 0.227 e. The Kier molecular flexibility index (Phi) is 4.21. The highest BCUT2D eigenvalue weighted by Gasteiger charge is 2.33. The van der Waals surface area contributed by atoms with Crippen LogP contribution in [0.25, 0.3) is 10.2 Å². The number of likely N-dealkylation sites (tertiary alicyclic amines) is 1. The van der Waals surface area contributed by atoms with Gasteiger partial charge in [-0.1, -0.05) is 17.4 Å². The van der Waals surface area contributed by atoms with Crippen LogP contribution in [0.2, 0.25) is 0 Å². The highest BCUT2D eigenvalue weighted by atomic mass is 32.1. The molecule has 24 heavy (non-hydrogen) atoms. The number of carbonyl (C=O) groups is 1. The van der Waals surface area contributed by atoms with Gasteiger partial charge in [-0.3, -0.25) is 4.79 Å². The number of hydrogen-bond donors (Lipinski definition) is 0. The number of aromatic nitrogens is 1. The van der Waals surface area contributed by atoms with Gasteiger partial charge in [-0.05, 0) is 56.7 Å². The number of anilines is 1. The molecule has 5 heteroatoms. The van der Waals surface area contributed by atoms with Crippen LogP contribution in [-0.2, 0) is 4.79 Å². The van der Waals surface area contributed by atoms with E-state index in [4.69, 9.17) is 4.98 Å². The minimum Gasteiger partial charge on any atom is -0.347 e. The summed E-state index contributed by atoms with van der Waals surface area (Å²) in [4.78, 5) is 22.0. The Morgan fingerprint density at radius 2 is 1.96 bits per heavy atom. The van der Waals surface area contributed by atoms with Crippen LogP contribution >= 0.6 is 11.3 Å². The van der Waals surface area contributed by atoms with Crippen molar-refractivity contribution in [3.63, 3.8) is 0 Å². The summed E-state index contributed by atoms with van der Waals surface area (Å²) < 4.78 is 1.26. The monoisotopic (exact) mass is 343 g/mol. The molecule has 2 aromatic rings. The molecule has 0 bridgehead atoms. The number of fused-ring (bicyclic) bond motifs is 1. The molecular weight excluding hydrogens is 318 g/mol. The van der Waals surface area contributed by atoms with Crippen molar-refractivity contribution in [3.8, 4) is 0 Å². The van der Waals surface area contributed by atoms with Crippen LogP contribution in [0.15, 0.2) is 12.1 Å². The van der Waals surface area contributed by atoms with Crippen LogP contribution in [0.5, 0.6) is 0 Å². The molecule has 2 saturated heterocycles. The van der Waals surface area contributed by atoms with Crippen LogP contribution in [0.4, 0.5) is 5.13 Å². The third-order valence-corrected chi connectivity index (χ3v) is 6.36. The number of rotatable bonds is 2. The van der Waals surface area contributed by atoms with Crippen LogP contribution in [0, 0.1) is 19.8 Å². The predicted octanol–water partition coefficient (Wildman–Crippen LogP) is 3.75. The summed E-state index contributed by atoms with van der Waals surface area (Å²) in [7, 11) is 0. The summed E-state index contributed by atoms with van der Waals surface area (Å²) in [6.07, 6.45) is 4.56. The average molecular weight is 343 g/mol. The molecule has 3 heterocycles. The lowest BCUT2D eigenvalue weighted by atomic mass is 10.0. The van der Waals surface area contributed by atoms with E-state index in [9.17, 15) is 4.79 Å². The zero-order chi connectivity index (χ0) is 16.7. The maximum atomic E-state index is 12.7. The van der Waals surface area contributed by atoms with E-state index in [1.165, 1.54) is 35.1 Å². The first-order chi connectivity index (χ1) is 11.6. The third kappa shape index (κ3) is 2.90. The molecule has 1 atom stereocenters. The van der Waals surface area contributed by atoms with Gasteiger partial charge in [0.05, 0.1) is 16.1 Å². The molecular formula is C19H25N3OS. The van der Waals surface area contributed by atoms with Crippen molar-refractivity contribution < 1.29 is 4.79 Å². The largest absolute Gasteiger partial charge is 0.347 e. The number of nitrogens with zero attached hydrogens (tertiary/aromatic N) is 3. The normalized spacial score (nSPS) is 21.7. The number of carbonyl (C=O) groups excluding carboxylic acids is 1. The van der Waals surface area contributed by atoms with Crippen molar-refractivity contribution in [2.24, 2.45) is 5.92 Å². The van der Waals surface area contributed by atoms with Gasteiger partial charge in [-0.15, -0.1) is 0 Å². The van der Waals surface area contributed by atoms with Crippen molar-refractivity contribution in [2.45, 2.75) is 39.5 Å². The molecule has 128 valence electrons. The zero-order valence-electron chi connectivity index (χ0n) is 14.5. The lowest BCUT2D eigenvalue weighted by Gasteiger charge is -2.29. The number of piperidine rings is 1. The van der Waals surface area contributed by atoms with Gasteiger partial charge in [-0.2, -0.15) is 0 Å². The van der Waals surface area contributed by atoms with E-state index >= 15 is 0 Å². The van der Waals surface area contributed by atoms with E-state index in [1.54, 1.807) is 11.3 Å². The van der Waals surface area contributed by atoms with Crippen LogP contribution in [0.1, 0.15) is 36.8 Å². The lowest BCUT2D eigenvalue weighted by Crippen LogP contribution is -2.40. The van der Waals surface area contributed by atoms with Crippen LogP contribution in [0.3, 0.4) is 0 Å². The quantitative estimate of drug-likeness (QED) is 0.833. The van der Waals surface area contributed by atoms with Gasteiger partial charge in [0.25, 0.3) is 0 Å². The maximum absolute atomic E-state index is 12.7. The number of hydrogen-bond acceptors (Lipinski definition) is 4. The number of amides is 1. The van der Waals surface area contributed by atoms with E-state index in [-0.39, 0.29) is 5.92 Å². The van der Waals surface area contributed by atoms with Crippen molar-refractivity contribution >= 4 is 32.6 Å². The zero-order valence-corrected chi connectivity index (χ0v) is 15.4. The number of aryl methyl sites for hydroxylation is 2. The van der Waals surface area contributed by atoms with E-state index < -0.39 is 0 Å². The Labute approximate surface area is 147 Å². The van der Waals surface area contributed by atoms with Crippen LogP contribution in [-0.4, -0.2) is 42.0 Å². The lowest BCUT2D eigenvalue weighted by molar-refractivity contribution is -0.135. The molecule has 2 fully saturated rings. The van der Waals surface area contributed by atoms with Gasteiger partial charge >= 0.3 is 0 Å². The van der Waals surface area contributed by atoms with Gasteiger partial charge in [0, 0.05) is 26.2 Å². The highest BCUT2D eigenvalue weighted by Crippen LogP contribution is 2.34. The minimum absolute atomic E-state index is 0.151. The Bertz CT molecular complexity index is 763. The van der Waals surface area contributed by atoms with Crippen LogP contribution < -0.4 is 4.90 Å². The smallest absolute Gasteiger partial charge is 0.227 e. The predicted molar refractivity (Wildman–Crippen MR) is 99.8 cm³/mol. The first kappa shape index (κ1) is 15.9. The third-order valence-electron chi connectivity index (χ3n) is 5.29. The van der Waals surface area contributed by atoms with Gasteiger partial charge in [-0.25, -0.2) is 4.98 Å². The Morgan fingerprint density at radius 1 is 1.17 bits per heavy atom. The number of benzene rings is 1. The second-order valence-corrected chi connectivity index (χ2v) is 8.25. The van der Waals surface area contributed by atoms with Gasteiger partial charge in [0.2, 0.25) is 5.91 Å². The standard InChI is InChI=1S/C19H25N3OS/c1-13-10-14(2)17-16(11-13)24-19(20-17)22-9-6-15(12-22)18(23)21-7-4-3-5-8-21/h10-11,15H,3-9,12H2,1-2H3. The van der Waals surface area contributed by atoms with E-state index in [2.05, 4.69) is 35.8 Å². The topological polar surface area (TPSA) is 36.4 Å². The fourth-order valence-electron chi connectivity index (χ4n) is 4.00. The molecule has 1 aromatic heterocycles. The molecule has 4 nitrogen and oxygen atoms in total. The van der Waals surface area contributed by atoms with Gasteiger partial charge in [0.15, 0.2) is 5.13 Å². The molecule has 0 N–H and O–H groups in total. The molecule has 2 aliphatic rings. The highest BCUT2D eigenvalue weighted by molar-refractivity contribution is 7.22. The summed E-state index contributed by atoms with van der Waals surface area (Å²) in [5.41, 5.74) is 3.65. The fourth-order valence-corrected chi connectivity index (χ4v) is 5.18. The molecule has 0 radical (unpaired) electrons. The van der Waals surface area contributed by atoms with Crippen molar-refractivity contribution in [1.82, 2.24) is 9.88 Å². The second-order valence-electron chi connectivity index (χ2n) is 7.24. The average Bonchev–Trinajstić information content (AvgIpc) is 3.21. The van der Waals surface area contributed by atoms with Crippen molar-refractivity contribution in [3.05, 3.63) is 23.3 Å². The molecule has 0 spiro atoms. The van der Waals surface area contributed by atoms with E-state index in [1.807, 2.05) is 0 Å². The molecule has 0 aliphatic carbocycles. The summed E-state index contributed by atoms with van der Waals surface area (Å²) in [6.45, 7) is 7.94. The van der Waals surface area contributed by atoms with E-state index in [0.29, 0.717) is 5.91 Å². The first-order valence-electron chi connectivity index (χ1n) is 9.03. The molecule has 1 amide bonds. The van der Waals surface area contributed by atoms with Crippen molar-refractivity contribution in [2.75, 3.05) is 31.1 Å². The molecule has 1 aromatic carbocycles. The molecule has 2 aliphatic heterocycles. The summed E-state index contributed by atoms with van der Waals surface area (Å²) >= 11 is 1.76. The second kappa shape index (κ2) is 6.36. The molecule has 1 unspecified atom stereocenters.